The highest BCUT2D eigenvalue weighted by Crippen LogP contribution is 2.46. The summed E-state index contributed by atoms with van der Waals surface area (Å²) in [4.78, 5) is 3.55. The molecule has 1 saturated heterocycles. The lowest BCUT2D eigenvalue weighted by molar-refractivity contribution is -0.223. The molecule has 96 valence electrons. The van der Waals surface area contributed by atoms with Gasteiger partial charge in [-0.1, -0.05) is 0 Å². The first-order chi connectivity index (χ1) is 7.18. The van der Waals surface area contributed by atoms with Crippen LogP contribution in [0.25, 0.3) is 0 Å². The quantitative estimate of drug-likeness (QED) is 0.744. The lowest BCUT2D eigenvalue weighted by atomic mass is 9.85. The van der Waals surface area contributed by atoms with E-state index in [2.05, 4.69) is 0 Å². The van der Waals surface area contributed by atoms with E-state index in [1.165, 1.54) is 0 Å². The van der Waals surface area contributed by atoms with Crippen LogP contribution in [0.1, 0.15) is 20.3 Å². The zero-order chi connectivity index (χ0) is 12.6. The molecule has 1 heterocycles. The molecule has 0 aliphatic carbocycles. The summed E-state index contributed by atoms with van der Waals surface area (Å²) in [5.41, 5.74) is -1.54. The van der Waals surface area contributed by atoms with Gasteiger partial charge < -0.3 is 4.90 Å². The molecule has 2 nitrogen and oxygen atoms in total. The maximum atomic E-state index is 13.2. The van der Waals surface area contributed by atoms with Gasteiger partial charge in [-0.15, -0.1) is 0 Å². The first kappa shape index (κ1) is 13.8. The second-order valence-corrected chi connectivity index (χ2v) is 5.33. The molecule has 0 saturated carbocycles. The molecule has 1 rings (SSSR count). The van der Waals surface area contributed by atoms with E-state index in [1.807, 2.05) is 18.7 Å². The van der Waals surface area contributed by atoms with Gasteiger partial charge in [0.2, 0.25) is 0 Å². The van der Waals surface area contributed by atoms with Crippen molar-refractivity contribution in [2.24, 2.45) is 5.41 Å². The van der Waals surface area contributed by atoms with Crippen LogP contribution in [0, 0.1) is 5.41 Å². The normalized spacial score (nSPS) is 28.3. The number of likely N-dealkylation sites (tertiary alicyclic amines) is 1. The van der Waals surface area contributed by atoms with E-state index in [4.69, 9.17) is 0 Å². The number of hydrogen-bond acceptors (Lipinski definition) is 2. The third-order valence-electron chi connectivity index (χ3n) is 3.33. The average molecular weight is 238 g/mol. The third kappa shape index (κ3) is 2.69. The summed E-state index contributed by atoms with van der Waals surface area (Å²) in [6, 6.07) is 0.186. The van der Waals surface area contributed by atoms with Gasteiger partial charge in [-0.05, 0) is 40.9 Å². The molecule has 0 amide bonds. The Labute approximate surface area is 95.4 Å². The topological polar surface area (TPSA) is 6.48 Å². The second-order valence-electron chi connectivity index (χ2n) is 5.33. The Morgan fingerprint density at radius 3 is 2.19 bits per heavy atom. The van der Waals surface area contributed by atoms with E-state index in [9.17, 15) is 13.2 Å². The molecule has 0 bridgehead atoms. The molecule has 16 heavy (non-hydrogen) atoms. The minimum absolute atomic E-state index is 0.0831. The molecule has 0 spiro atoms. The third-order valence-corrected chi connectivity index (χ3v) is 3.33. The molecule has 1 aliphatic rings. The fourth-order valence-corrected chi connectivity index (χ4v) is 2.40. The van der Waals surface area contributed by atoms with Crippen molar-refractivity contribution in [3.63, 3.8) is 0 Å². The Hall–Kier alpha value is -0.290. The second kappa shape index (κ2) is 4.53. The molecule has 1 fully saturated rings. The standard InChI is InChI=1S/C11H21F3N2/c1-9(2)16-6-5-10(8-16,7-15(3)4)11(12,13)14/h9H,5-8H2,1-4H3. The molecule has 0 aromatic heterocycles. The van der Waals surface area contributed by atoms with E-state index in [0.29, 0.717) is 6.54 Å². The van der Waals surface area contributed by atoms with Crippen molar-refractivity contribution in [1.82, 2.24) is 9.80 Å². The van der Waals surface area contributed by atoms with Gasteiger partial charge in [-0.3, -0.25) is 4.90 Å². The van der Waals surface area contributed by atoms with Gasteiger partial charge in [0, 0.05) is 19.1 Å². The largest absolute Gasteiger partial charge is 0.397 e. The van der Waals surface area contributed by atoms with Crippen molar-refractivity contribution < 1.29 is 13.2 Å². The summed E-state index contributed by atoms with van der Waals surface area (Å²) in [5.74, 6) is 0. The molecule has 1 aliphatic heterocycles. The summed E-state index contributed by atoms with van der Waals surface area (Å²) >= 11 is 0. The molecule has 0 N–H and O–H groups in total. The van der Waals surface area contributed by atoms with Crippen molar-refractivity contribution in [2.75, 3.05) is 33.7 Å². The van der Waals surface area contributed by atoms with Crippen LogP contribution in [0.3, 0.4) is 0 Å². The molecular formula is C11H21F3N2. The predicted molar refractivity (Wildman–Crippen MR) is 58.4 cm³/mol. The van der Waals surface area contributed by atoms with Crippen LogP contribution in [-0.4, -0.2) is 55.7 Å². The van der Waals surface area contributed by atoms with Gasteiger partial charge in [-0.2, -0.15) is 13.2 Å². The van der Waals surface area contributed by atoms with Gasteiger partial charge >= 0.3 is 6.18 Å². The van der Waals surface area contributed by atoms with E-state index >= 15 is 0 Å². The molecule has 1 atom stereocenters. The van der Waals surface area contributed by atoms with Gasteiger partial charge in [0.25, 0.3) is 0 Å². The molecule has 0 radical (unpaired) electrons. The Morgan fingerprint density at radius 1 is 1.31 bits per heavy atom. The summed E-state index contributed by atoms with van der Waals surface area (Å²) < 4.78 is 39.5. The highest BCUT2D eigenvalue weighted by molar-refractivity contribution is 4.97. The van der Waals surface area contributed by atoms with Gasteiger partial charge in [0.05, 0.1) is 5.41 Å². The zero-order valence-electron chi connectivity index (χ0n) is 10.4. The molecule has 5 heteroatoms. The fraction of sp³-hybridized carbons (Fsp3) is 1.00. The lowest BCUT2D eigenvalue weighted by Gasteiger charge is -2.34. The minimum Gasteiger partial charge on any atom is -0.308 e. The maximum Gasteiger partial charge on any atom is 0.397 e. The van der Waals surface area contributed by atoms with Gasteiger partial charge in [0.1, 0.15) is 0 Å². The summed E-state index contributed by atoms with van der Waals surface area (Å²) in [6.45, 7) is 4.65. The molecule has 0 aromatic carbocycles. The summed E-state index contributed by atoms with van der Waals surface area (Å²) in [5, 5.41) is 0. The number of hydrogen-bond donors (Lipinski definition) is 0. The van der Waals surface area contributed by atoms with Crippen LogP contribution in [0.5, 0.6) is 0 Å². The zero-order valence-corrected chi connectivity index (χ0v) is 10.4. The summed E-state index contributed by atoms with van der Waals surface area (Å²) in [6.07, 6.45) is -3.90. The number of rotatable bonds is 3. The fourth-order valence-electron chi connectivity index (χ4n) is 2.40. The van der Waals surface area contributed by atoms with E-state index in [-0.39, 0.29) is 25.6 Å². The van der Waals surface area contributed by atoms with Crippen molar-refractivity contribution >= 4 is 0 Å². The average Bonchev–Trinajstić information content (AvgIpc) is 2.47. The molecule has 0 aromatic rings. The van der Waals surface area contributed by atoms with Crippen molar-refractivity contribution in [1.29, 1.82) is 0 Å². The van der Waals surface area contributed by atoms with Gasteiger partial charge in [-0.25, -0.2) is 0 Å². The Balaban J connectivity index is 2.83. The summed E-state index contributed by atoms with van der Waals surface area (Å²) in [7, 11) is 3.40. The van der Waals surface area contributed by atoms with Crippen LogP contribution >= 0.6 is 0 Å². The van der Waals surface area contributed by atoms with Crippen LogP contribution in [0.15, 0.2) is 0 Å². The first-order valence-corrected chi connectivity index (χ1v) is 5.63. The smallest absolute Gasteiger partial charge is 0.308 e. The first-order valence-electron chi connectivity index (χ1n) is 5.63. The van der Waals surface area contributed by atoms with E-state index < -0.39 is 11.6 Å². The number of alkyl halides is 3. The Kier molecular flexibility index (Phi) is 3.90. The van der Waals surface area contributed by atoms with Crippen molar-refractivity contribution in [3.05, 3.63) is 0 Å². The lowest BCUT2D eigenvalue weighted by Crippen LogP contribution is -2.48. The number of halogens is 3. The molecule has 1 unspecified atom stereocenters. The van der Waals surface area contributed by atoms with Gasteiger partial charge in [0.15, 0.2) is 0 Å². The number of nitrogens with zero attached hydrogens (tertiary/aromatic N) is 2. The van der Waals surface area contributed by atoms with Crippen molar-refractivity contribution in [3.8, 4) is 0 Å². The van der Waals surface area contributed by atoms with Crippen LogP contribution in [0.2, 0.25) is 0 Å². The Bertz CT molecular complexity index is 238. The monoisotopic (exact) mass is 238 g/mol. The van der Waals surface area contributed by atoms with Crippen LogP contribution in [-0.2, 0) is 0 Å². The van der Waals surface area contributed by atoms with E-state index in [0.717, 1.165) is 0 Å². The highest BCUT2D eigenvalue weighted by Gasteiger charge is 2.58. The van der Waals surface area contributed by atoms with Crippen molar-refractivity contribution in [2.45, 2.75) is 32.5 Å². The SMILES string of the molecule is CC(C)N1CCC(CN(C)C)(C(F)(F)F)C1. The Morgan fingerprint density at radius 2 is 1.88 bits per heavy atom. The maximum absolute atomic E-state index is 13.2. The minimum atomic E-state index is -4.11. The van der Waals surface area contributed by atoms with Crippen LogP contribution in [0.4, 0.5) is 13.2 Å². The van der Waals surface area contributed by atoms with Crippen LogP contribution < -0.4 is 0 Å². The predicted octanol–water partition coefficient (Wildman–Crippen LogP) is 2.21. The highest BCUT2D eigenvalue weighted by atomic mass is 19.4. The van der Waals surface area contributed by atoms with E-state index in [1.54, 1.807) is 19.0 Å². The molecular weight excluding hydrogens is 217 g/mol.